The van der Waals surface area contributed by atoms with Gasteiger partial charge in [-0.2, -0.15) is 0 Å². The van der Waals surface area contributed by atoms with Crippen molar-refractivity contribution in [3.63, 3.8) is 0 Å². The zero-order valence-corrected chi connectivity index (χ0v) is 9.23. The third-order valence-electron chi connectivity index (χ3n) is 1.32. The van der Waals surface area contributed by atoms with Crippen LogP contribution in [0.15, 0.2) is 12.2 Å². The molecular formula is C10H14O6. The molecule has 0 aromatic heterocycles. The summed E-state index contributed by atoms with van der Waals surface area (Å²) in [5, 5.41) is 0. The van der Waals surface area contributed by atoms with Gasteiger partial charge in [-0.05, 0) is 13.8 Å². The topological polar surface area (TPSA) is 78.9 Å². The number of hydrogen-bond donors (Lipinski definition) is 0. The summed E-state index contributed by atoms with van der Waals surface area (Å²) < 4.78 is 13.5. The predicted octanol–water partition coefficient (Wildman–Crippen LogP) is 1.19. The lowest BCUT2D eigenvalue weighted by Crippen LogP contribution is -2.17. The second-order valence-corrected chi connectivity index (χ2v) is 3.08. The fourth-order valence-electron chi connectivity index (χ4n) is 0.644. The van der Waals surface area contributed by atoms with Crippen LogP contribution in [0.1, 0.15) is 20.3 Å². The van der Waals surface area contributed by atoms with E-state index in [2.05, 4.69) is 20.8 Å². The number of hydrogen-bond acceptors (Lipinski definition) is 6. The smallest absolute Gasteiger partial charge is 0.431 e. The van der Waals surface area contributed by atoms with E-state index in [4.69, 9.17) is 0 Å². The number of esters is 1. The van der Waals surface area contributed by atoms with E-state index in [-0.39, 0.29) is 18.1 Å². The monoisotopic (exact) mass is 230 g/mol. The molecule has 6 heteroatoms. The fourth-order valence-corrected chi connectivity index (χ4v) is 0.644. The van der Waals surface area contributed by atoms with Gasteiger partial charge < -0.3 is 19.0 Å². The van der Waals surface area contributed by atoms with Gasteiger partial charge in [0.25, 0.3) is 0 Å². The van der Waals surface area contributed by atoms with Gasteiger partial charge in [0.15, 0.2) is 0 Å². The molecule has 0 bridgehead atoms. The summed E-state index contributed by atoms with van der Waals surface area (Å²) in [7, 11) is 0. The Hall–Kier alpha value is -1.85. The van der Waals surface area contributed by atoms with Crippen LogP contribution in [-0.2, 0) is 23.8 Å². The van der Waals surface area contributed by atoms with Crippen molar-refractivity contribution in [2.75, 3.05) is 6.79 Å². The summed E-state index contributed by atoms with van der Waals surface area (Å²) in [4.78, 5) is 31.9. The maximum atomic E-state index is 11.0. The molecule has 0 saturated carbocycles. The first-order valence-electron chi connectivity index (χ1n) is 4.59. The van der Waals surface area contributed by atoms with E-state index in [9.17, 15) is 14.4 Å². The van der Waals surface area contributed by atoms with E-state index in [0.29, 0.717) is 6.29 Å². The minimum absolute atomic E-state index is 0.00386. The van der Waals surface area contributed by atoms with Crippen molar-refractivity contribution in [1.29, 1.82) is 0 Å². The third kappa shape index (κ3) is 6.58. The number of carbonyl (C=O) groups is 3. The Morgan fingerprint density at radius 1 is 1.31 bits per heavy atom. The molecule has 0 rings (SSSR count). The Bertz CT molecular complexity index is 281. The highest BCUT2D eigenvalue weighted by Crippen LogP contribution is 1.99. The lowest BCUT2D eigenvalue weighted by molar-refractivity contribution is -0.149. The molecule has 0 aromatic rings. The zero-order chi connectivity index (χ0) is 12.6. The van der Waals surface area contributed by atoms with E-state index in [1.807, 2.05) is 0 Å². The first-order valence-corrected chi connectivity index (χ1v) is 4.59. The van der Waals surface area contributed by atoms with Gasteiger partial charge in [0.1, 0.15) is 6.29 Å². The normalized spacial score (nSPS) is 9.44. The van der Waals surface area contributed by atoms with Crippen LogP contribution in [0.4, 0.5) is 4.79 Å². The largest absolute Gasteiger partial charge is 0.511 e. The molecule has 0 aromatic carbocycles. The summed E-state index contributed by atoms with van der Waals surface area (Å²) >= 11 is 0. The SMILES string of the molecule is C=C(CC=O)C(=O)OCOC(=O)OC(C)C. The summed E-state index contributed by atoms with van der Waals surface area (Å²) in [6, 6.07) is 0. The van der Waals surface area contributed by atoms with Gasteiger partial charge in [-0.25, -0.2) is 9.59 Å². The Morgan fingerprint density at radius 3 is 2.44 bits per heavy atom. The van der Waals surface area contributed by atoms with Crippen LogP contribution in [0.3, 0.4) is 0 Å². The van der Waals surface area contributed by atoms with E-state index in [1.165, 1.54) is 0 Å². The van der Waals surface area contributed by atoms with Gasteiger partial charge >= 0.3 is 12.1 Å². The highest BCUT2D eigenvalue weighted by Gasteiger charge is 2.10. The van der Waals surface area contributed by atoms with Crippen LogP contribution < -0.4 is 0 Å². The van der Waals surface area contributed by atoms with Gasteiger partial charge in [-0.15, -0.1) is 0 Å². The minimum atomic E-state index is -0.927. The van der Waals surface area contributed by atoms with Crippen LogP contribution in [0, 0.1) is 0 Å². The van der Waals surface area contributed by atoms with Crippen LogP contribution in [0.25, 0.3) is 0 Å². The summed E-state index contributed by atoms with van der Waals surface area (Å²) in [6.45, 7) is 6.05. The van der Waals surface area contributed by atoms with Crippen LogP contribution in [0.5, 0.6) is 0 Å². The van der Waals surface area contributed by atoms with E-state index >= 15 is 0 Å². The Balaban J connectivity index is 3.73. The molecule has 16 heavy (non-hydrogen) atoms. The number of ether oxygens (including phenoxy) is 3. The molecule has 0 unspecified atom stereocenters. The Kier molecular flexibility index (Phi) is 6.58. The lowest BCUT2D eigenvalue weighted by atomic mass is 10.2. The molecule has 0 N–H and O–H groups in total. The van der Waals surface area contributed by atoms with Crippen LogP contribution >= 0.6 is 0 Å². The highest BCUT2D eigenvalue weighted by atomic mass is 16.8. The first kappa shape index (κ1) is 14.2. The molecule has 0 aliphatic rings. The molecule has 0 spiro atoms. The van der Waals surface area contributed by atoms with E-state index in [1.54, 1.807) is 13.8 Å². The minimum Gasteiger partial charge on any atom is -0.431 e. The summed E-state index contributed by atoms with van der Waals surface area (Å²) in [5.74, 6) is -0.788. The van der Waals surface area contributed by atoms with Gasteiger partial charge in [0, 0.05) is 12.0 Å². The van der Waals surface area contributed by atoms with E-state index < -0.39 is 18.9 Å². The van der Waals surface area contributed by atoms with Crippen LogP contribution in [0.2, 0.25) is 0 Å². The molecule has 0 fully saturated rings. The molecule has 90 valence electrons. The van der Waals surface area contributed by atoms with Crippen molar-refractivity contribution in [2.24, 2.45) is 0 Å². The molecule has 0 aliphatic carbocycles. The average Bonchev–Trinajstić information content (AvgIpc) is 2.16. The van der Waals surface area contributed by atoms with Gasteiger partial charge in [-0.3, -0.25) is 0 Å². The van der Waals surface area contributed by atoms with Gasteiger partial charge in [0.2, 0.25) is 6.79 Å². The molecule has 0 radical (unpaired) electrons. The van der Waals surface area contributed by atoms with Crippen LogP contribution in [-0.4, -0.2) is 31.3 Å². The molecule has 0 saturated heterocycles. The highest BCUT2D eigenvalue weighted by molar-refractivity contribution is 5.90. The predicted molar refractivity (Wildman–Crippen MR) is 53.5 cm³/mol. The second kappa shape index (κ2) is 7.44. The maximum absolute atomic E-state index is 11.0. The molecule has 0 aliphatic heterocycles. The van der Waals surface area contributed by atoms with E-state index in [0.717, 1.165) is 0 Å². The standard InChI is InChI=1S/C10H14O6/c1-7(2)16-10(13)15-6-14-9(12)8(3)4-5-11/h5,7H,3-4,6H2,1-2H3. The quantitative estimate of drug-likeness (QED) is 0.295. The molecule has 0 amide bonds. The Morgan fingerprint density at radius 2 is 1.94 bits per heavy atom. The second-order valence-electron chi connectivity index (χ2n) is 3.08. The van der Waals surface area contributed by atoms with Crippen molar-refractivity contribution in [2.45, 2.75) is 26.4 Å². The van der Waals surface area contributed by atoms with Crippen molar-refractivity contribution < 1.29 is 28.6 Å². The number of rotatable bonds is 6. The van der Waals surface area contributed by atoms with Crippen molar-refractivity contribution >= 4 is 18.4 Å². The molecule has 0 atom stereocenters. The van der Waals surface area contributed by atoms with Crippen molar-refractivity contribution in [1.82, 2.24) is 0 Å². The third-order valence-corrected chi connectivity index (χ3v) is 1.32. The fraction of sp³-hybridized carbons (Fsp3) is 0.500. The first-order chi connectivity index (χ1) is 7.47. The molecule has 0 heterocycles. The van der Waals surface area contributed by atoms with Gasteiger partial charge in [-0.1, -0.05) is 6.58 Å². The van der Waals surface area contributed by atoms with Crippen molar-refractivity contribution in [3.05, 3.63) is 12.2 Å². The average molecular weight is 230 g/mol. The molecule has 6 nitrogen and oxygen atoms in total. The van der Waals surface area contributed by atoms with Gasteiger partial charge in [0.05, 0.1) is 6.10 Å². The number of aldehydes is 1. The Labute approximate surface area is 93.2 Å². The maximum Gasteiger partial charge on any atom is 0.511 e. The molecular weight excluding hydrogens is 216 g/mol. The number of carbonyl (C=O) groups excluding carboxylic acids is 3. The summed E-state index contributed by atoms with van der Waals surface area (Å²) in [5.41, 5.74) is -0.00386. The van der Waals surface area contributed by atoms with Crippen molar-refractivity contribution in [3.8, 4) is 0 Å². The lowest BCUT2D eigenvalue weighted by Gasteiger charge is -2.09. The summed E-state index contributed by atoms with van der Waals surface area (Å²) in [6.07, 6.45) is -0.829. The zero-order valence-electron chi connectivity index (χ0n) is 9.23.